The number of hydrogen-bond donors (Lipinski definition) is 0. The highest BCUT2D eigenvalue weighted by atomic mass is 35.5. The van der Waals surface area contributed by atoms with Gasteiger partial charge in [-0.05, 0) is 32.4 Å². The lowest BCUT2D eigenvalue weighted by Gasteiger charge is -2.33. The van der Waals surface area contributed by atoms with Gasteiger partial charge in [0, 0.05) is 30.1 Å². The summed E-state index contributed by atoms with van der Waals surface area (Å²) < 4.78 is 10.8. The van der Waals surface area contributed by atoms with Gasteiger partial charge < -0.3 is 9.47 Å². The van der Waals surface area contributed by atoms with Gasteiger partial charge in [-0.1, -0.05) is 36.2 Å². The molecular weight excluding hydrogens is 314 g/mol. The fraction of sp³-hybridized carbons (Fsp3) is 0.611. The molecule has 128 valence electrons. The zero-order chi connectivity index (χ0) is 16.5. The van der Waals surface area contributed by atoms with Crippen LogP contribution >= 0.6 is 11.6 Å². The smallest absolute Gasteiger partial charge is 0.305 e. The van der Waals surface area contributed by atoms with E-state index in [0.29, 0.717) is 13.0 Å². The highest BCUT2D eigenvalue weighted by Gasteiger charge is 2.23. The van der Waals surface area contributed by atoms with Crippen LogP contribution in [-0.4, -0.2) is 43.7 Å². The minimum Gasteiger partial charge on any atom is -0.466 e. The molecule has 0 aromatic heterocycles. The van der Waals surface area contributed by atoms with Crippen molar-refractivity contribution in [3.05, 3.63) is 34.9 Å². The number of halogens is 1. The molecular formula is C18H26ClNO3. The van der Waals surface area contributed by atoms with Gasteiger partial charge in [0.2, 0.25) is 0 Å². The van der Waals surface area contributed by atoms with Gasteiger partial charge in [0.25, 0.3) is 0 Å². The van der Waals surface area contributed by atoms with Crippen molar-refractivity contribution in [3.8, 4) is 0 Å². The summed E-state index contributed by atoms with van der Waals surface area (Å²) in [6.45, 7) is 5.91. The van der Waals surface area contributed by atoms with E-state index in [2.05, 4.69) is 4.90 Å². The summed E-state index contributed by atoms with van der Waals surface area (Å²) in [6, 6.07) is 7.89. The van der Waals surface area contributed by atoms with Crippen LogP contribution in [0, 0.1) is 0 Å². The predicted octanol–water partition coefficient (Wildman–Crippen LogP) is 3.84. The second kappa shape index (κ2) is 9.91. The molecule has 1 unspecified atom stereocenters. The van der Waals surface area contributed by atoms with Crippen molar-refractivity contribution in [1.82, 2.24) is 4.90 Å². The van der Waals surface area contributed by atoms with Crippen LogP contribution in [0.3, 0.4) is 0 Å². The lowest BCUT2D eigenvalue weighted by Crippen LogP contribution is -2.38. The summed E-state index contributed by atoms with van der Waals surface area (Å²) in [4.78, 5) is 13.7. The SMILES string of the molecule is CCOC(=O)CCCCCN1CCOC(c2ccccc2Cl)C1. The van der Waals surface area contributed by atoms with Gasteiger partial charge in [0.05, 0.1) is 19.3 Å². The Morgan fingerprint density at radius 3 is 2.96 bits per heavy atom. The quantitative estimate of drug-likeness (QED) is 0.533. The standard InChI is InChI=1S/C18H26ClNO3/c1-2-22-18(21)10-4-3-7-11-20-12-13-23-17(14-20)15-8-5-6-9-16(15)19/h5-6,8-9,17H,2-4,7,10-14H2,1H3. The molecule has 1 aliphatic rings. The minimum atomic E-state index is -0.0855. The topological polar surface area (TPSA) is 38.8 Å². The first-order chi connectivity index (χ1) is 11.2. The van der Waals surface area contributed by atoms with Crippen molar-refractivity contribution in [2.24, 2.45) is 0 Å². The Balaban J connectivity index is 1.68. The van der Waals surface area contributed by atoms with E-state index >= 15 is 0 Å². The van der Waals surface area contributed by atoms with Gasteiger partial charge in [-0.2, -0.15) is 0 Å². The molecule has 1 saturated heterocycles. The Bertz CT molecular complexity index is 495. The zero-order valence-corrected chi connectivity index (χ0v) is 14.6. The summed E-state index contributed by atoms with van der Waals surface area (Å²) in [5.74, 6) is -0.0855. The Kier molecular flexibility index (Phi) is 7.86. The van der Waals surface area contributed by atoms with E-state index < -0.39 is 0 Å². The van der Waals surface area contributed by atoms with Crippen molar-refractivity contribution < 1.29 is 14.3 Å². The molecule has 0 bridgehead atoms. The average Bonchev–Trinajstić information content (AvgIpc) is 2.55. The van der Waals surface area contributed by atoms with Crippen LogP contribution in [0.5, 0.6) is 0 Å². The lowest BCUT2D eigenvalue weighted by molar-refractivity contribution is -0.143. The van der Waals surface area contributed by atoms with Gasteiger partial charge >= 0.3 is 5.97 Å². The molecule has 0 aliphatic carbocycles. The maximum Gasteiger partial charge on any atom is 0.305 e. The first-order valence-corrected chi connectivity index (χ1v) is 8.82. The Labute approximate surface area is 143 Å². The molecule has 1 fully saturated rings. The first-order valence-electron chi connectivity index (χ1n) is 8.44. The van der Waals surface area contributed by atoms with Gasteiger partial charge in [-0.3, -0.25) is 9.69 Å². The molecule has 1 aromatic carbocycles. The monoisotopic (exact) mass is 339 g/mol. The van der Waals surface area contributed by atoms with Crippen LogP contribution in [-0.2, 0) is 14.3 Å². The molecule has 23 heavy (non-hydrogen) atoms. The second-order valence-corrected chi connectivity index (χ2v) is 6.20. The van der Waals surface area contributed by atoms with Gasteiger partial charge in [-0.15, -0.1) is 0 Å². The molecule has 1 aliphatic heterocycles. The number of esters is 1. The lowest BCUT2D eigenvalue weighted by atomic mass is 10.1. The van der Waals surface area contributed by atoms with E-state index in [9.17, 15) is 4.79 Å². The van der Waals surface area contributed by atoms with Gasteiger partial charge in [-0.25, -0.2) is 0 Å². The number of hydrogen-bond acceptors (Lipinski definition) is 4. The average molecular weight is 340 g/mol. The molecule has 0 saturated carbocycles. The maximum absolute atomic E-state index is 11.3. The third-order valence-electron chi connectivity index (χ3n) is 4.06. The molecule has 0 N–H and O–H groups in total. The number of morpholine rings is 1. The summed E-state index contributed by atoms with van der Waals surface area (Å²) in [6.07, 6.45) is 3.62. The summed E-state index contributed by atoms with van der Waals surface area (Å²) in [5.41, 5.74) is 1.07. The summed E-state index contributed by atoms with van der Waals surface area (Å²) >= 11 is 6.26. The minimum absolute atomic E-state index is 0.0528. The maximum atomic E-state index is 11.3. The van der Waals surface area contributed by atoms with Crippen LogP contribution in [0.4, 0.5) is 0 Å². The molecule has 2 rings (SSSR count). The molecule has 1 atom stereocenters. The zero-order valence-electron chi connectivity index (χ0n) is 13.8. The number of nitrogens with zero attached hydrogens (tertiary/aromatic N) is 1. The summed E-state index contributed by atoms with van der Waals surface area (Å²) in [5, 5.41) is 0.772. The predicted molar refractivity (Wildman–Crippen MR) is 91.7 cm³/mol. The van der Waals surface area contributed by atoms with E-state index in [0.717, 1.165) is 56.1 Å². The van der Waals surface area contributed by atoms with E-state index in [1.165, 1.54) is 0 Å². The number of carbonyl (C=O) groups excluding carboxylic acids is 1. The molecule has 1 heterocycles. The number of ether oxygens (including phenoxy) is 2. The number of carbonyl (C=O) groups is 1. The van der Waals surface area contributed by atoms with Crippen molar-refractivity contribution in [2.75, 3.05) is 32.8 Å². The fourth-order valence-electron chi connectivity index (χ4n) is 2.84. The highest BCUT2D eigenvalue weighted by molar-refractivity contribution is 6.31. The Morgan fingerprint density at radius 1 is 1.35 bits per heavy atom. The number of unbranched alkanes of at least 4 members (excludes halogenated alkanes) is 2. The van der Waals surface area contributed by atoms with E-state index in [1.807, 2.05) is 31.2 Å². The van der Waals surface area contributed by atoms with Crippen LogP contribution in [0.25, 0.3) is 0 Å². The van der Waals surface area contributed by atoms with Crippen molar-refractivity contribution in [3.63, 3.8) is 0 Å². The first kappa shape index (κ1) is 18.2. The van der Waals surface area contributed by atoms with Crippen LogP contribution in [0.2, 0.25) is 5.02 Å². The number of rotatable bonds is 8. The van der Waals surface area contributed by atoms with Crippen LogP contribution < -0.4 is 0 Å². The Hall–Kier alpha value is -1.10. The Morgan fingerprint density at radius 2 is 2.17 bits per heavy atom. The van der Waals surface area contributed by atoms with Gasteiger partial charge in [0.1, 0.15) is 0 Å². The third kappa shape index (κ3) is 6.13. The van der Waals surface area contributed by atoms with Crippen LogP contribution in [0.15, 0.2) is 24.3 Å². The molecule has 0 spiro atoms. The van der Waals surface area contributed by atoms with Crippen molar-refractivity contribution in [1.29, 1.82) is 0 Å². The van der Waals surface area contributed by atoms with E-state index in [1.54, 1.807) is 0 Å². The fourth-order valence-corrected chi connectivity index (χ4v) is 3.10. The molecule has 0 amide bonds. The van der Waals surface area contributed by atoms with Crippen LogP contribution in [0.1, 0.15) is 44.3 Å². The van der Waals surface area contributed by atoms with Crippen molar-refractivity contribution in [2.45, 2.75) is 38.7 Å². The van der Waals surface area contributed by atoms with Gasteiger partial charge in [0.15, 0.2) is 0 Å². The molecule has 0 radical (unpaired) electrons. The van der Waals surface area contributed by atoms with E-state index in [-0.39, 0.29) is 12.1 Å². The molecule has 4 nitrogen and oxygen atoms in total. The highest BCUT2D eigenvalue weighted by Crippen LogP contribution is 2.28. The van der Waals surface area contributed by atoms with E-state index in [4.69, 9.17) is 21.1 Å². The third-order valence-corrected chi connectivity index (χ3v) is 4.41. The number of benzene rings is 1. The summed E-state index contributed by atoms with van der Waals surface area (Å²) in [7, 11) is 0. The normalized spacial score (nSPS) is 18.8. The molecule has 5 heteroatoms. The molecule has 1 aromatic rings. The largest absolute Gasteiger partial charge is 0.466 e. The van der Waals surface area contributed by atoms with Crippen molar-refractivity contribution >= 4 is 17.6 Å². The second-order valence-electron chi connectivity index (χ2n) is 5.80.